The Labute approximate surface area is 43.1 Å². The van der Waals surface area contributed by atoms with Crippen LogP contribution in [0.2, 0.25) is 0 Å². The highest BCUT2D eigenvalue weighted by atomic mass is 18.2. The largest absolute Gasteiger partial charge is 0.303 e. The van der Waals surface area contributed by atoms with Crippen LogP contribution < -0.4 is 0 Å². The zero-order chi connectivity index (χ0) is 5.28. The smallest absolute Gasteiger partial charge is 0.114 e. The molecule has 1 fully saturated rings. The first-order valence-electron chi connectivity index (χ1n) is 2.61. The van der Waals surface area contributed by atoms with E-state index in [-0.39, 0.29) is 0 Å². The summed E-state index contributed by atoms with van der Waals surface area (Å²) in [5, 5.41) is 0. The van der Waals surface area contributed by atoms with E-state index in [1.54, 1.807) is 0 Å². The fourth-order valence-electron chi connectivity index (χ4n) is 0.881. The van der Waals surface area contributed by atoms with Crippen LogP contribution >= 0.6 is 0 Å². The fraction of sp³-hybridized carbons (Fsp3) is 1.00. The molecule has 1 unspecified atom stereocenters. The maximum absolute atomic E-state index is 12.1. The van der Waals surface area contributed by atoms with E-state index < -0.39 is 6.17 Å². The van der Waals surface area contributed by atoms with Gasteiger partial charge in [0.05, 0.1) is 0 Å². The molecule has 0 radical (unpaired) electrons. The Hall–Kier alpha value is -0.110. The Balaban J connectivity index is 2.26. The summed E-state index contributed by atoms with van der Waals surface area (Å²) < 4.78 is 12.1. The molecule has 1 aliphatic rings. The van der Waals surface area contributed by atoms with Gasteiger partial charge >= 0.3 is 0 Å². The van der Waals surface area contributed by atoms with E-state index in [2.05, 4.69) is 0 Å². The SMILES string of the molecule is CN1CCC([18F])C1. The lowest BCUT2D eigenvalue weighted by Gasteiger charge is -2.01. The molecule has 42 valence electrons. The molecule has 1 rings (SSSR count). The molecule has 1 atom stereocenters. The zero-order valence-corrected chi connectivity index (χ0v) is 4.52. The highest BCUT2D eigenvalue weighted by Gasteiger charge is 2.16. The summed E-state index contributed by atoms with van der Waals surface area (Å²) in [5.41, 5.74) is 0. The van der Waals surface area contributed by atoms with Crippen LogP contribution in [0.25, 0.3) is 0 Å². The Kier molecular flexibility index (Phi) is 1.28. The molecule has 0 aromatic heterocycles. The lowest BCUT2D eigenvalue weighted by Crippen LogP contribution is -2.13. The second kappa shape index (κ2) is 1.78. The maximum atomic E-state index is 12.1. The predicted molar refractivity (Wildman–Crippen MR) is 27.0 cm³/mol. The Morgan fingerprint density at radius 1 is 1.71 bits per heavy atom. The van der Waals surface area contributed by atoms with E-state index >= 15 is 0 Å². The number of nitrogens with zero attached hydrogens (tertiary/aromatic N) is 1. The number of rotatable bonds is 0. The van der Waals surface area contributed by atoms with Crippen molar-refractivity contribution in [2.24, 2.45) is 0 Å². The quantitative estimate of drug-likeness (QED) is 0.434. The van der Waals surface area contributed by atoms with Crippen LogP contribution in [-0.4, -0.2) is 31.2 Å². The highest BCUT2D eigenvalue weighted by Crippen LogP contribution is 2.08. The molecule has 2 heteroatoms. The number of alkyl halides is 1. The van der Waals surface area contributed by atoms with E-state index in [1.807, 2.05) is 11.9 Å². The summed E-state index contributed by atoms with van der Waals surface area (Å²) in [6, 6.07) is 0. The monoisotopic (exact) mass is 102 g/mol. The third kappa shape index (κ3) is 1.13. The average molecular weight is 102 g/mol. The predicted octanol–water partition coefficient (Wildman–Crippen LogP) is 0.660. The number of hydrogen-bond acceptors (Lipinski definition) is 1. The molecule has 1 saturated heterocycles. The minimum atomic E-state index is -0.551. The standard InChI is InChI=1S/C5H10FN/c1-7-3-2-5(6)4-7/h5H,2-4H2,1H3/i6-1. The van der Waals surface area contributed by atoms with Crippen LogP contribution in [0.5, 0.6) is 0 Å². The van der Waals surface area contributed by atoms with Crippen molar-refractivity contribution in [3.8, 4) is 0 Å². The fourth-order valence-corrected chi connectivity index (χ4v) is 0.881. The van der Waals surface area contributed by atoms with Crippen LogP contribution in [0.15, 0.2) is 0 Å². The third-order valence-electron chi connectivity index (χ3n) is 1.33. The first kappa shape index (κ1) is 5.04. The van der Waals surface area contributed by atoms with Crippen molar-refractivity contribution in [3.05, 3.63) is 0 Å². The first-order valence-corrected chi connectivity index (χ1v) is 2.61. The van der Waals surface area contributed by atoms with Crippen LogP contribution in [0, 0.1) is 0 Å². The van der Waals surface area contributed by atoms with Crippen molar-refractivity contribution in [2.75, 3.05) is 20.1 Å². The molecule has 0 bridgehead atoms. The summed E-state index contributed by atoms with van der Waals surface area (Å²) >= 11 is 0. The molecule has 1 nitrogen and oxygen atoms in total. The van der Waals surface area contributed by atoms with E-state index in [0.717, 1.165) is 13.0 Å². The van der Waals surface area contributed by atoms with Gasteiger partial charge in [0.2, 0.25) is 0 Å². The van der Waals surface area contributed by atoms with Gasteiger partial charge in [0.25, 0.3) is 0 Å². The molecule has 0 saturated carbocycles. The van der Waals surface area contributed by atoms with Crippen LogP contribution in [0.4, 0.5) is 4.39 Å². The van der Waals surface area contributed by atoms with Gasteiger partial charge in [-0.2, -0.15) is 0 Å². The molecule has 0 N–H and O–H groups in total. The van der Waals surface area contributed by atoms with Crippen molar-refractivity contribution < 1.29 is 4.39 Å². The lowest BCUT2D eigenvalue weighted by molar-refractivity contribution is 0.321. The number of hydrogen-bond donors (Lipinski definition) is 0. The van der Waals surface area contributed by atoms with Gasteiger partial charge in [-0.25, -0.2) is 4.39 Å². The van der Waals surface area contributed by atoms with E-state index in [1.165, 1.54) is 0 Å². The molecule has 1 aliphatic heterocycles. The zero-order valence-electron chi connectivity index (χ0n) is 4.52. The summed E-state index contributed by atoms with van der Waals surface area (Å²) in [4.78, 5) is 2.00. The molecule has 0 aromatic rings. The summed E-state index contributed by atoms with van der Waals surface area (Å²) in [7, 11) is 1.94. The van der Waals surface area contributed by atoms with Crippen LogP contribution in [-0.2, 0) is 0 Å². The van der Waals surface area contributed by atoms with Crippen LogP contribution in [0.1, 0.15) is 6.42 Å². The molecular formula is C5H10FN. The van der Waals surface area contributed by atoms with Gasteiger partial charge in [0.1, 0.15) is 6.17 Å². The van der Waals surface area contributed by atoms with E-state index in [9.17, 15) is 4.39 Å². The van der Waals surface area contributed by atoms with Crippen molar-refractivity contribution in [1.82, 2.24) is 4.90 Å². The van der Waals surface area contributed by atoms with Crippen molar-refractivity contribution in [3.63, 3.8) is 0 Å². The molecular weight excluding hydrogens is 92.1 g/mol. The molecule has 0 amide bonds. The van der Waals surface area contributed by atoms with Crippen LogP contribution in [0.3, 0.4) is 0 Å². The van der Waals surface area contributed by atoms with Gasteiger partial charge in [0, 0.05) is 13.1 Å². The van der Waals surface area contributed by atoms with Crippen molar-refractivity contribution >= 4 is 0 Å². The molecule has 0 spiro atoms. The van der Waals surface area contributed by atoms with Crippen molar-refractivity contribution in [2.45, 2.75) is 12.6 Å². The van der Waals surface area contributed by atoms with E-state index in [0.29, 0.717) is 6.54 Å². The third-order valence-corrected chi connectivity index (χ3v) is 1.33. The number of likely N-dealkylation sites (tertiary alicyclic amines) is 1. The number of halogens is 1. The first-order chi connectivity index (χ1) is 3.29. The Morgan fingerprint density at radius 2 is 2.43 bits per heavy atom. The van der Waals surface area contributed by atoms with Gasteiger partial charge in [-0.3, -0.25) is 0 Å². The minimum absolute atomic E-state index is 0.551. The minimum Gasteiger partial charge on any atom is -0.303 e. The summed E-state index contributed by atoms with van der Waals surface area (Å²) in [5.74, 6) is 0. The second-order valence-electron chi connectivity index (χ2n) is 2.15. The Bertz CT molecular complexity index is 57.1. The Morgan fingerprint density at radius 3 is 2.57 bits per heavy atom. The van der Waals surface area contributed by atoms with Gasteiger partial charge in [-0.05, 0) is 13.5 Å². The molecule has 0 aromatic carbocycles. The molecule has 1 heterocycles. The lowest BCUT2D eigenvalue weighted by atomic mass is 10.3. The van der Waals surface area contributed by atoms with Gasteiger partial charge in [-0.1, -0.05) is 0 Å². The maximum Gasteiger partial charge on any atom is 0.114 e. The second-order valence-corrected chi connectivity index (χ2v) is 2.15. The topological polar surface area (TPSA) is 3.24 Å². The highest BCUT2D eigenvalue weighted by molar-refractivity contribution is 4.70. The summed E-state index contributed by atoms with van der Waals surface area (Å²) in [6.45, 7) is 1.57. The normalized spacial score (nSPS) is 34.3. The van der Waals surface area contributed by atoms with E-state index in [4.69, 9.17) is 0 Å². The van der Waals surface area contributed by atoms with Gasteiger partial charge in [-0.15, -0.1) is 0 Å². The molecule has 0 aliphatic carbocycles. The van der Waals surface area contributed by atoms with Gasteiger partial charge in [0.15, 0.2) is 0 Å². The summed E-state index contributed by atoms with van der Waals surface area (Å²) in [6.07, 6.45) is 0.182. The average Bonchev–Trinajstić information content (AvgIpc) is 1.87. The van der Waals surface area contributed by atoms with Crippen molar-refractivity contribution in [1.29, 1.82) is 0 Å². The van der Waals surface area contributed by atoms with Gasteiger partial charge < -0.3 is 4.90 Å². The molecule has 7 heavy (non-hydrogen) atoms.